The summed E-state index contributed by atoms with van der Waals surface area (Å²) in [7, 11) is 0. The summed E-state index contributed by atoms with van der Waals surface area (Å²) in [5.41, 5.74) is 0.348. The molecule has 2 heterocycles. The maximum Gasteiger partial charge on any atom is 0.277 e. The third-order valence-electron chi connectivity index (χ3n) is 3.43. The smallest absolute Gasteiger partial charge is 0.277 e. The molecule has 0 radical (unpaired) electrons. The Bertz CT molecular complexity index is 945. The number of nitrogens with zero attached hydrogens (tertiary/aromatic N) is 3. The molecule has 0 saturated carbocycles. The zero-order valence-corrected chi connectivity index (χ0v) is 14.6. The number of carbonyl (C=O) groups is 2. The fraction of sp³-hybridized carbons (Fsp3) is 0.118. The SMILES string of the molecule is O=C(Cc1csc(NC(=O)c2cnccn2)n1)NCc1c(F)cccc1F. The number of rotatable bonds is 6. The summed E-state index contributed by atoms with van der Waals surface area (Å²) in [6.07, 6.45) is 4.07. The van der Waals surface area contributed by atoms with Crippen LogP contribution in [0.25, 0.3) is 0 Å². The second-order valence-electron chi connectivity index (χ2n) is 5.34. The van der Waals surface area contributed by atoms with Gasteiger partial charge in [-0.25, -0.2) is 18.7 Å². The van der Waals surface area contributed by atoms with Gasteiger partial charge >= 0.3 is 0 Å². The second kappa shape index (κ2) is 8.41. The van der Waals surface area contributed by atoms with Crippen molar-refractivity contribution in [3.63, 3.8) is 0 Å². The Balaban J connectivity index is 1.54. The van der Waals surface area contributed by atoms with Crippen molar-refractivity contribution in [2.75, 3.05) is 5.32 Å². The molecular weight excluding hydrogens is 376 g/mol. The predicted octanol–water partition coefficient (Wildman–Crippen LogP) is 2.32. The van der Waals surface area contributed by atoms with Crippen LogP contribution >= 0.6 is 11.3 Å². The van der Waals surface area contributed by atoms with Gasteiger partial charge in [0, 0.05) is 29.9 Å². The van der Waals surface area contributed by atoms with E-state index in [1.54, 1.807) is 5.38 Å². The first-order valence-electron chi connectivity index (χ1n) is 7.74. The summed E-state index contributed by atoms with van der Waals surface area (Å²) in [5, 5.41) is 6.91. The summed E-state index contributed by atoms with van der Waals surface area (Å²) >= 11 is 1.14. The maximum atomic E-state index is 13.5. The second-order valence-corrected chi connectivity index (χ2v) is 6.20. The normalized spacial score (nSPS) is 10.4. The molecule has 27 heavy (non-hydrogen) atoms. The lowest BCUT2D eigenvalue weighted by atomic mass is 10.2. The van der Waals surface area contributed by atoms with Crippen LogP contribution in [0.3, 0.4) is 0 Å². The fourth-order valence-electron chi connectivity index (χ4n) is 2.14. The zero-order valence-electron chi connectivity index (χ0n) is 13.8. The van der Waals surface area contributed by atoms with E-state index in [-0.39, 0.29) is 24.2 Å². The van der Waals surface area contributed by atoms with Gasteiger partial charge in [0.15, 0.2) is 5.13 Å². The van der Waals surface area contributed by atoms with Crippen LogP contribution in [0.1, 0.15) is 21.7 Å². The highest BCUT2D eigenvalue weighted by Crippen LogP contribution is 2.17. The first kappa shape index (κ1) is 18.5. The van der Waals surface area contributed by atoms with Crippen LogP contribution < -0.4 is 10.6 Å². The average molecular weight is 389 g/mol. The Kier molecular flexibility index (Phi) is 5.77. The number of aromatic nitrogens is 3. The quantitative estimate of drug-likeness (QED) is 0.674. The topological polar surface area (TPSA) is 96.9 Å². The lowest BCUT2D eigenvalue weighted by Crippen LogP contribution is -2.25. The van der Waals surface area contributed by atoms with Crippen molar-refractivity contribution in [1.82, 2.24) is 20.3 Å². The van der Waals surface area contributed by atoms with Crippen molar-refractivity contribution in [3.05, 3.63) is 70.8 Å². The van der Waals surface area contributed by atoms with E-state index in [1.807, 2.05) is 0 Å². The van der Waals surface area contributed by atoms with Crippen molar-refractivity contribution in [2.24, 2.45) is 0 Å². The molecule has 0 atom stereocenters. The predicted molar refractivity (Wildman–Crippen MR) is 94.0 cm³/mol. The van der Waals surface area contributed by atoms with Crippen LogP contribution in [0.15, 0.2) is 42.2 Å². The largest absolute Gasteiger partial charge is 0.351 e. The fourth-order valence-corrected chi connectivity index (χ4v) is 2.84. The number of hydrogen-bond donors (Lipinski definition) is 2. The van der Waals surface area contributed by atoms with E-state index in [0.717, 1.165) is 23.5 Å². The van der Waals surface area contributed by atoms with Gasteiger partial charge in [0.05, 0.1) is 18.3 Å². The molecular formula is C17H13F2N5O2S. The minimum absolute atomic E-state index is 0.0897. The van der Waals surface area contributed by atoms with Gasteiger partial charge in [0.25, 0.3) is 5.91 Å². The first-order valence-corrected chi connectivity index (χ1v) is 8.62. The monoisotopic (exact) mass is 389 g/mol. The molecule has 3 rings (SSSR count). The molecule has 2 amide bonds. The third-order valence-corrected chi connectivity index (χ3v) is 4.24. The van der Waals surface area contributed by atoms with Gasteiger partial charge in [-0.3, -0.25) is 19.9 Å². The molecule has 1 aromatic carbocycles. The van der Waals surface area contributed by atoms with E-state index in [4.69, 9.17) is 0 Å². The van der Waals surface area contributed by atoms with Gasteiger partial charge < -0.3 is 5.32 Å². The number of thiazole rings is 1. The van der Waals surface area contributed by atoms with E-state index < -0.39 is 23.4 Å². The molecule has 3 aromatic rings. The zero-order chi connectivity index (χ0) is 19.2. The highest BCUT2D eigenvalue weighted by atomic mass is 32.1. The number of anilines is 1. The Morgan fingerprint density at radius 2 is 1.93 bits per heavy atom. The van der Waals surface area contributed by atoms with E-state index in [0.29, 0.717) is 10.8 Å². The van der Waals surface area contributed by atoms with Crippen molar-refractivity contribution >= 4 is 28.3 Å². The molecule has 10 heteroatoms. The van der Waals surface area contributed by atoms with Gasteiger partial charge in [-0.2, -0.15) is 0 Å². The molecule has 2 N–H and O–H groups in total. The number of hydrogen-bond acceptors (Lipinski definition) is 6. The lowest BCUT2D eigenvalue weighted by molar-refractivity contribution is -0.120. The summed E-state index contributed by atoms with van der Waals surface area (Å²) in [6.45, 7) is -0.266. The Morgan fingerprint density at radius 3 is 2.63 bits per heavy atom. The van der Waals surface area contributed by atoms with Gasteiger partial charge in [-0.15, -0.1) is 11.3 Å². The molecule has 0 spiro atoms. The minimum Gasteiger partial charge on any atom is -0.351 e. The third kappa shape index (κ3) is 4.88. The molecule has 7 nitrogen and oxygen atoms in total. The van der Waals surface area contributed by atoms with Crippen LogP contribution in [0.2, 0.25) is 0 Å². The summed E-state index contributed by atoms with van der Waals surface area (Å²) < 4.78 is 27.1. The molecule has 0 aliphatic carbocycles. The summed E-state index contributed by atoms with van der Waals surface area (Å²) in [5.74, 6) is -2.37. The average Bonchev–Trinajstić information content (AvgIpc) is 3.08. The summed E-state index contributed by atoms with van der Waals surface area (Å²) in [6, 6.07) is 3.50. The molecule has 138 valence electrons. The van der Waals surface area contributed by atoms with Gasteiger partial charge in [0.2, 0.25) is 5.91 Å². The molecule has 0 saturated heterocycles. The van der Waals surface area contributed by atoms with Gasteiger partial charge in [0.1, 0.15) is 17.3 Å². The van der Waals surface area contributed by atoms with Crippen molar-refractivity contribution in [3.8, 4) is 0 Å². The van der Waals surface area contributed by atoms with Gasteiger partial charge in [-0.1, -0.05) is 6.07 Å². The molecule has 0 fully saturated rings. The Hall–Kier alpha value is -3.27. The number of amides is 2. The van der Waals surface area contributed by atoms with Gasteiger partial charge in [-0.05, 0) is 12.1 Å². The Morgan fingerprint density at radius 1 is 1.15 bits per heavy atom. The maximum absolute atomic E-state index is 13.5. The molecule has 0 unspecified atom stereocenters. The van der Waals surface area contributed by atoms with E-state index >= 15 is 0 Å². The number of halogens is 2. The lowest BCUT2D eigenvalue weighted by Gasteiger charge is -2.06. The van der Waals surface area contributed by atoms with Crippen LogP contribution in [-0.2, 0) is 17.8 Å². The highest BCUT2D eigenvalue weighted by Gasteiger charge is 2.13. The standard InChI is InChI=1S/C17H13F2N5O2S/c18-12-2-1-3-13(19)11(12)7-22-15(25)6-10-9-27-17(23-10)24-16(26)14-8-20-4-5-21-14/h1-5,8-9H,6-7H2,(H,22,25)(H,23,24,26). The summed E-state index contributed by atoms with van der Waals surface area (Å²) in [4.78, 5) is 35.7. The van der Waals surface area contributed by atoms with E-state index in [2.05, 4.69) is 25.6 Å². The molecule has 0 aliphatic rings. The Labute approximate surface area is 156 Å². The molecule has 0 aliphatic heterocycles. The van der Waals surface area contributed by atoms with Crippen LogP contribution in [0.4, 0.5) is 13.9 Å². The number of carbonyl (C=O) groups excluding carboxylic acids is 2. The highest BCUT2D eigenvalue weighted by molar-refractivity contribution is 7.14. The van der Waals surface area contributed by atoms with Crippen LogP contribution in [-0.4, -0.2) is 26.8 Å². The van der Waals surface area contributed by atoms with Crippen molar-refractivity contribution < 1.29 is 18.4 Å². The number of nitrogens with one attached hydrogen (secondary N) is 2. The molecule has 0 bridgehead atoms. The minimum atomic E-state index is -0.724. The van der Waals surface area contributed by atoms with Crippen LogP contribution in [0.5, 0.6) is 0 Å². The van der Waals surface area contributed by atoms with Crippen molar-refractivity contribution in [2.45, 2.75) is 13.0 Å². The van der Waals surface area contributed by atoms with E-state index in [9.17, 15) is 18.4 Å². The molecule has 2 aromatic heterocycles. The number of benzene rings is 1. The first-order chi connectivity index (χ1) is 13.0. The van der Waals surface area contributed by atoms with Crippen molar-refractivity contribution in [1.29, 1.82) is 0 Å². The van der Waals surface area contributed by atoms with Crippen LogP contribution in [0, 0.1) is 11.6 Å². The van der Waals surface area contributed by atoms with E-state index in [1.165, 1.54) is 24.7 Å².